The van der Waals surface area contributed by atoms with E-state index in [0.29, 0.717) is 5.88 Å². The van der Waals surface area contributed by atoms with Crippen LogP contribution >= 0.6 is 11.6 Å². The molecule has 0 atom stereocenters. The molecule has 0 radical (unpaired) electrons. The van der Waals surface area contributed by atoms with Crippen LogP contribution in [0.1, 0.15) is 13.8 Å². The first kappa shape index (κ1) is 6.03. The molecule has 0 rings (SSSR count). The van der Waals surface area contributed by atoms with Gasteiger partial charge in [0, 0.05) is 5.88 Å². The molecule has 0 amide bonds. The second-order valence-electron chi connectivity index (χ2n) is 1.27. The molecule has 0 fully saturated rings. The second kappa shape index (κ2) is 3.23. The number of rotatable bonds is 1. The molecule has 0 N–H and O–H groups in total. The molecule has 0 saturated carbocycles. The minimum atomic E-state index is 0.663. The summed E-state index contributed by atoms with van der Waals surface area (Å²) in [5.74, 6) is 0.663. The molecule has 36 valence electrons. The summed E-state index contributed by atoms with van der Waals surface area (Å²) in [6.45, 7) is 3.99. The molecule has 6 heavy (non-hydrogen) atoms. The maximum atomic E-state index is 5.38. The molecular weight excluding hydrogens is 95.5 g/mol. The van der Waals surface area contributed by atoms with E-state index in [1.807, 2.05) is 19.9 Å². The second-order valence-corrected chi connectivity index (χ2v) is 1.54. The molecule has 0 aliphatic carbocycles. The first-order chi connectivity index (χ1) is 2.81. The van der Waals surface area contributed by atoms with E-state index in [1.54, 1.807) is 0 Å². The third kappa shape index (κ3) is 2.28. The van der Waals surface area contributed by atoms with Gasteiger partial charge in [-0.2, -0.15) is 0 Å². The summed E-state index contributed by atoms with van der Waals surface area (Å²) < 4.78 is 0. The summed E-state index contributed by atoms with van der Waals surface area (Å²) in [6.07, 6.45) is 2.01. The van der Waals surface area contributed by atoms with Crippen molar-refractivity contribution >= 4 is 11.6 Å². The average molecular weight is 105 g/mol. The molecule has 0 aromatic heterocycles. The Morgan fingerprint density at radius 3 is 2.33 bits per heavy atom. The van der Waals surface area contributed by atoms with Crippen LogP contribution in [0.15, 0.2) is 11.6 Å². The zero-order valence-corrected chi connectivity index (χ0v) is 4.92. The van der Waals surface area contributed by atoms with Gasteiger partial charge in [0.05, 0.1) is 0 Å². The van der Waals surface area contributed by atoms with E-state index < -0.39 is 0 Å². The van der Waals surface area contributed by atoms with Crippen LogP contribution in [-0.2, 0) is 0 Å². The van der Waals surface area contributed by atoms with Gasteiger partial charge in [-0.05, 0) is 13.8 Å². The highest BCUT2D eigenvalue weighted by molar-refractivity contribution is 6.19. The van der Waals surface area contributed by atoms with Crippen LogP contribution in [0.5, 0.6) is 0 Å². The summed E-state index contributed by atoms with van der Waals surface area (Å²) in [6, 6.07) is 0. The van der Waals surface area contributed by atoms with Gasteiger partial charge < -0.3 is 0 Å². The van der Waals surface area contributed by atoms with E-state index in [9.17, 15) is 0 Å². The lowest BCUT2D eigenvalue weighted by molar-refractivity contribution is 1.37. The summed E-state index contributed by atoms with van der Waals surface area (Å²) >= 11 is 5.38. The minimum Gasteiger partial charge on any atom is -0.122 e. The zero-order chi connectivity index (χ0) is 4.99. The van der Waals surface area contributed by atoms with E-state index in [4.69, 9.17) is 11.6 Å². The van der Waals surface area contributed by atoms with Crippen molar-refractivity contribution in [2.24, 2.45) is 0 Å². The smallest absolute Gasteiger partial charge is 0.0430 e. The Bertz CT molecular complexity index is 55.0. The van der Waals surface area contributed by atoms with Crippen LogP contribution in [0.2, 0.25) is 0 Å². The molecular formula is C5H9Cl. The van der Waals surface area contributed by atoms with Crippen LogP contribution < -0.4 is 0 Å². The normalized spacial score (nSPS) is 12.2. The highest BCUT2D eigenvalue weighted by Crippen LogP contribution is 1.91. The van der Waals surface area contributed by atoms with Crippen LogP contribution in [-0.4, -0.2) is 5.88 Å². The lowest BCUT2D eigenvalue weighted by Gasteiger charge is -1.83. The van der Waals surface area contributed by atoms with E-state index in [2.05, 4.69) is 0 Å². The monoisotopic (exact) mass is 104 g/mol. The van der Waals surface area contributed by atoms with E-state index in [0.717, 1.165) is 0 Å². The maximum Gasteiger partial charge on any atom is 0.0430 e. The lowest BCUT2D eigenvalue weighted by atomic mass is 10.3. The first-order valence-electron chi connectivity index (χ1n) is 1.99. The number of alkyl halides is 1. The van der Waals surface area contributed by atoms with Crippen molar-refractivity contribution in [2.45, 2.75) is 13.8 Å². The third-order valence-corrected chi connectivity index (χ3v) is 1.13. The topological polar surface area (TPSA) is 0 Å². The average Bonchev–Trinajstić information content (AvgIpc) is 1.65. The van der Waals surface area contributed by atoms with Gasteiger partial charge in [-0.3, -0.25) is 0 Å². The molecule has 0 aromatic carbocycles. The molecule has 0 nitrogen and oxygen atoms in total. The van der Waals surface area contributed by atoms with Gasteiger partial charge in [0.1, 0.15) is 0 Å². The van der Waals surface area contributed by atoms with Crippen molar-refractivity contribution in [3.05, 3.63) is 11.6 Å². The van der Waals surface area contributed by atoms with Gasteiger partial charge in [-0.15, -0.1) is 11.6 Å². The predicted molar refractivity (Wildman–Crippen MR) is 30.2 cm³/mol. The summed E-state index contributed by atoms with van der Waals surface area (Å²) in [5.41, 5.74) is 1.23. The number of hydrogen-bond donors (Lipinski definition) is 0. The van der Waals surface area contributed by atoms with E-state index >= 15 is 0 Å². The molecule has 0 unspecified atom stereocenters. The zero-order valence-electron chi connectivity index (χ0n) is 4.16. The fourth-order valence-corrected chi connectivity index (χ4v) is 0.231. The molecule has 0 spiro atoms. The van der Waals surface area contributed by atoms with Crippen molar-refractivity contribution in [3.8, 4) is 0 Å². The Morgan fingerprint density at radius 1 is 1.83 bits per heavy atom. The molecule has 0 heterocycles. The van der Waals surface area contributed by atoms with Crippen molar-refractivity contribution in [3.63, 3.8) is 0 Å². The Kier molecular flexibility index (Phi) is 3.24. The Morgan fingerprint density at radius 2 is 2.33 bits per heavy atom. The van der Waals surface area contributed by atoms with E-state index in [1.165, 1.54) is 5.57 Å². The summed E-state index contributed by atoms with van der Waals surface area (Å²) in [7, 11) is 0. The van der Waals surface area contributed by atoms with Crippen molar-refractivity contribution in [2.75, 3.05) is 5.88 Å². The highest BCUT2D eigenvalue weighted by atomic mass is 35.5. The summed E-state index contributed by atoms with van der Waals surface area (Å²) in [5, 5.41) is 0. The summed E-state index contributed by atoms with van der Waals surface area (Å²) in [4.78, 5) is 0. The van der Waals surface area contributed by atoms with Crippen LogP contribution in [0.25, 0.3) is 0 Å². The highest BCUT2D eigenvalue weighted by Gasteiger charge is 1.75. The predicted octanol–water partition coefficient (Wildman–Crippen LogP) is 2.19. The SMILES string of the molecule is CC=C(C)CCl. The van der Waals surface area contributed by atoms with Crippen LogP contribution in [0.4, 0.5) is 0 Å². The lowest BCUT2D eigenvalue weighted by Crippen LogP contribution is -1.70. The fraction of sp³-hybridized carbons (Fsp3) is 0.600. The van der Waals surface area contributed by atoms with Gasteiger partial charge in [0.2, 0.25) is 0 Å². The largest absolute Gasteiger partial charge is 0.122 e. The Balaban J connectivity index is 3.22. The van der Waals surface area contributed by atoms with Gasteiger partial charge in [0.25, 0.3) is 0 Å². The van der Waals surface area contributed by atoms with Crippen molar-refractivity contribution in [1.29, 1.82) is 0 Å². The molecule has 0 aliphatic rings. The number of allylic oxidation sites excluding steroid dienone is 2. The minimum absolute atomic E-state index is 0.663. The molecule has 1 heteroatoms. The van der Waals surface area contributed by atoms with Crippen LogP contribution in [0.3, 0.4) is 0 Å². The maximum absolute atomic E-state index is 5.38. The molecule has 0 bridgehead atoms. The Labute approximate surface area is 43.8 Å². The molecule has 0 aliphatic heterocycles. The van der Waals surface area contributed by atoms with Gasteiger partial charge in [-0.1, -0.05) is 11.6 Å². The van der Waals surface area contributed by atoms with Crippen molar-refractivity contribution in [1.82, 2.24) is 0 Å². The van der Waals surface area contributed by atoms with Crippen molar-refractivity contribution < 1.29 is 0 Å². The third-order valence-electron chi connectivity index (χ3n) is 0.704. The van der Waals surface area contributed by atoms with Gasteiger partial charge >= 0.3 is 0 Å². The first-order valence-corrected chi connectivity index (χ1v) is 2.52. The van der Waals surface area contributed by atoms with Gasteiger partial charge in [-0.25, -0.2) is 0 Å². The molecule has 0 aromatic rings. The van der Waals surface area contributed by atoms with Crippen LogP contribution in [0, 0.1) is 0 Å². The molecule has 0 saturated heterocycles. The van der Waals surface area contributed by atoms with E-state index in [-0.39, 0.29) is 0 Å². The van der Waals surface area contributed by atoms with Gasteiger partial charge in [0.15, 0.2) is 0 Å². The quantitative estimate of drug-likeness (QED) is 0.353. The standard InChI is InChI=1S/C5H9Cl/c1-3-5(2)4-6/h3H,4H2,1-2H3. The number of halogens is 1. The Hall–Kier alpha value is 0.0300. The fourth-order valence-electron chi connectivity index (χ4n) is 0.0772. The number of hydrogen-bond acceptors (Lipinski definition) is 0.